The lowest BCUT2D eigenvalue weighted by molar-refractivity contribution is -0.122. The summed E-state index contributed by atoms with van der Waals surface area (Å²) < 4.78 is 0. The van der Waals surface area contributed by atoms with E-state index < -0.39 is 0 Å². The quantitative estimate of drug-likeness (QED) is 0.798. The van der Waals surface area contributed by atoms with Crippen molar-refractivity contribution in [1.82, 2.24) is 5.32 Å². The van der Waals surface area contributed by atoms with Gasteiger partial charge in [-0.25, -0.2) is 0 Å². The standard InChI is InChI=1S/C12H20N2OS/c1-3-12(4-2,9-13)14-11(15)8-10-6-5-7-16-10/h5-7H,3-4,8-9,13H2,1-2H3,(H,14,15). The molecule has 0 bridgehead atoms. The predicted molar refractivity (Wildman–Crippen MR) is 68.5 cm³/mol. The minimum Gasteiger partial charge on any atom is -0.349 e. The van der Waals surface area contributed by atoms with Gasteiger partial charge in [-0.1, -0.05) is 19.9 Å². The zero-order valence-corrected chi connectivity index (χ0v) is 10.8. The van der Waals surface area contributed by atoms with Gasteiger partial charge in [-0.2, -0.15) is 0 Å². The van der Waals surface area contributed by atoms with Crippen LogP contribution in [0.3, 0.4) is 0 Å². The monoisotopic (exact) mass is 240 g/mol. The fraction of sp³-hybridized carbons (Fsp3) is 0.583. The van der Waals surface area contributed by atoms with Gasteiger partial charge in [-0.15, -0.1) is 11.3 Å². The van der Waals surface area contributed by atoms with E-state index in [2.05, 4.69) is 19.2 Å². The first-order chi connectivity index (χ1) is 7.65. The number of amides is 1. The molecule has 1 rings (SSSR count). The van der Waals surface area contributed by atoms with Gasteiger partial charge in [-0.05, 0) is 24.3 Å². The first-order valence-corrected chi connectivity index (χ1v) is 6.57. The zero-order chi connectivity index (χ0) is 12.0. The second-order valence-electron chi connectivity index (χ2n) is 4.00. The summed E-state index contributed by atoms with van der Waals surface area (Å²) in [6, 6.07) is 3.94. The number of thiophene rings is 1. The first kappa shape index (κ1) is 13.2. The van der Waals surface area contributed by atoms with Gasteiger partial charge in [0.15, 0.2) is 0 Å². The van der Waals surface area contributed by atoms with Crippen LogP contribution in [0.15, 0.2) is 17.5 Å². The van der Waals surface area contributed by atoms with E-state index in [1.54, 1.807) is 11.3 Å². The average molecular weight is 240 g/mol. The molecule has 0 radical (unpaired) electrons. The smallest absolute Gasteiger partial charge is 0.225 e. The van der Waals surface area contributed by atoms with Crippen molar-refractivity contribution < 1.29 is 4.79 Å². The van der Waals surface area contributed by atoms with E-state index in [0.29, 0.717) is 13.0 Å². The first-order valence-electron chi connectivity index (χ1n) is 5.69. The Morgan fingerprint density at radius 2 is 2.19 bits per heavy atom. The van der Waals surface area contributed by atoms with Gasteiger partial charge in [-0.3, -0.25) is 4.79 Å². The molecule has 16 heavy (non-hydrogen) atoms. The zero-order valence-electron chi connectivity index (χ0n) is 9.95. The summed E-state index contributed by atoms with van der Waals surface area (Å²) in [6.45, 7) is 4.61. The van der Waals surface area contributed by atoms with Gasteiger partial charge in [0, 0.05) is 11.4 Å². The number of carbonyl (C=O) groups excluding carboxylic acids is 1. The topological polar surface area (TPSA) is 55.1 Å². The van der Waals surface area contributed by atoms with Crippen LogP contribution in [0.1, 0.15) is 31.6 Å². The Morgan fingerprint density at radius 1 is 1.50 bits per heavy atom. The lowest BCUT2D eigenvalue weighted by atomic mass is 9.93. The molecule has 0 aliphatic rings. The number of hydrogen-bond donors (Lipinski definition) is 2. The van der Waals surface area contributed by atoms with E-state index in [1.165, 1.54) is 0 Å². The van der Waals surface area contributed by atoms with Crippen molar-refractivity contribution in [3.8, 4) is 0 Å². The van der Waals surface area contributed by atoms with Crippen LogP contribution < -0.4 is 11.1 Å². The van der Waals surface area contributed by atoms with Crippen LogP contribution in [0.25, 0.3) is 0 Å². The molecule has 0 atom stereocenters. The molecule has 0 aliphatic heterocycles. The molecule has 1 amide bonds. The van der Waals surface area contributed by atoms with Crippen molar-refractivity contribution in [2.45, 2.75) is 38.6 Å². The second kappa shape index (κ2) is 6.01. The fourth-order valence-corrected chi connectivity index (χ4v) is 2.38. The Labute approximate surface area is 101 Å². The number of rotatable bonds is 6. The highest BCUT2D eigenvalue weighted by molar-refractivity contribution is 7.10. The summed E-state index contributed by atoms with van der Waals surface area (Å²) in [5.41, 5.74) is 5.51. The molecule has 0 spiro atoms. The van der Waals surface area contributed by atoms with E-state index in [0.717, 1.165) is 17.7 Å². The Morgan fingerprint density at radius 3 is 2.62 bits per heavy atom. The Bertz CT molecular complexity index is 310. The van der Waals surface area contributed by atoms with Crippen LogP contribution >= 0.6 is 11.3 Å². The van der Waals surface area contributed by atoms with E-state index in [9.17, 15) is 4.79 Å². The maximum Gasteiger partial charge on any atom is 0.225 e. The molecule has 1 aromatic heterocycles. The van der Waals surface area contributed by atoms with E-state index in [4.69, 9.17) is 5.73 Å². The van der Waals surface area contributed by atoms with Gasteiger partial charge >= 0.3 is 0 Å². The normalized spacial score (nSPS) is 11.4. The molecule has 0 fully saturated rings. The van der Waals surface area contributed by atoms with Crippen molar-refractivity contribution >= 4 is 17.2 Å². The number of nitrogens with two attached hydrogens (primary N) is 1. The number of carbonyl (C=O) groups is 1. The van der Waals surface area contributed by atoms with Gasteiger partial charge in [0.25, 0.3) is 0 Å². The predicted octanol–water partition coefficient (Wildman–Crippen LogP) is 1.92. The minimum absolute atomic E-state index is 0.0663. The van der Waals surface area contributed by atoms with Crippen LogP contribution in [0, 0.1) is 0 Å². The van der Waals surface area contributed by atoms with Gasteiger partial charge in [0.2, 0.25) is 5.91 Å². The lowest BCUT2D eigenvalue weighted by Crippen LogP contribution is -2.53. The number of hydrogen-bond acceptors (Lipinski definition) is 3. The molecule has 3 N–H and O–H groups in total. The van der Waals surface area contributed by atoms with E-state index in [1.807, 2.05) is 17.5 Å². The van der Waals surface area contributed by atoms with Gasteiger partial charge in [0.1, 0.15) is 0 Å². The molecule has 4 heteroatoms. The average Bonchev–Trinajstić information content (AvgIpc) is 2.79. The van der Waals surface area contributed by atoms with Crippen molar-refractivity contribution in [2.75, 3.05) is 6.54 Å². The molecule has 90 valence electrons. The molecule has 0 saturated heterocycles. The highest BCUT2D eigenvalue weighted by atomic mass is 32.1. The Hall–Kier alpha value is -0.870. The van der Waals surface area contributed by atoms with Crippen LogP contribution in [-0.4, -0.2) is 18.0 Å². The highest BCUT2D eigenvalue weighted by Crippen LogP contribution is 2.15. The SMILES string of the molecule is CCC(CC)(CN)NC(=O)Cc1cccs1. The van der Waals surface area contributed by atoms with Crippen LogP contribution in [0.4, 0.5) is 0 Å². The summed E-state index contributed by atoms with van der Waals surface area (Å²) in [4.78, 5) is 12.9. The third-order valence-electron chi connectivity index (χ3n) is 3.06. The summed E-state index contributed by atoms with van der Waals surface area (Å²) in [5.74, 6) is 0.0663. The van der Waals surface area contributed by atoms with Crippen LogP contribution in [-0.2, 0) is 11.2 Å². The molecule has 0 aromatic carbocycles. The molecule has 1 aromatic rings. The molecular weight excluding hydrogens is 220 g/mol. The second-order valence-corrected chi connectivity index (χ2v) is 5.03. The highest BCUT2D eigenvalue weighted by Gasteiger charge is 2.26. The molecule has 0 unspecified atom stereocenters. The Kier molecular flexibility index (Phi) is 4.96. The molecule has 3 nitrogen and oxygen atoms in total. The Balaban J connectivity index is 2.55. The van der Waals surface area contributed by atoms with E-state index in [-0.39, 0.29) is 11.4 Å². The summed E-state index contributed by atoms with van der Waals surface area (Å²) >= 11 is 1.61. The number of nitrogens with one attached hydrogen (secondary N) is 1. The minimum atomic E-state index is -0.228. The maximum absolute atomic E-state index is 11.8. The summed E-state index contributed by atoms with van der Waals surface area (Å²) in [7, 11) is 0. The largest absolute Gasteiger partial charge is 0.349 e. The molecule has 0 saturated carbocycles. The van der Waals surface area contributed by atoms with Crippen molar-refractivity contribution in [2.24, 2.45) is 5.73 Å². The maximum atomic E-state index is 11.8. The van der Waals surface area contributed by atoms with Crippen molar-refractivity contribution in [1.29, 1.82) is 0 Å². The lowest BCUT2D eigenvalue weighted by Gasteiger charge is -2.31. The van der Waals surface area contributed by atoms with Gasteiger partial charge < -0.3 is 11.1 Å². The molecule has 1 heterocycles. The van der Waals surface area contributed by atoms with Gasteiger partial charge in [0.05, 0.1) is 12.0 Å². The van der Waals surface area contributed by atoms with Crippen LogP contribution in [0.2, 0.25) is 0 Å². The third kappa shape index (κ3) is 3.32. The third-order valence-corrected chi connectivity index (χ3v) is 3.94. The summed E-state index contributed by atoms with van der Waals surface area (Å²) in [6.07, 6.45) is 2.20. The van der Waals surface area contributed by atoms with Crippen LogP contribution in [0.5, 0.6) is 0 Å². The fourth-order valence-electron chi connectivity index (χ4n) is 1.68. The van der Waals surface area contributed by atoms with Crippen molar-refractivity contribution in [3.63, 3.8) is 0 Å². The summed E-state index contributed by atoms with van der Waals surface area (Å²) in [5, 5.41) is 5.05. The van der Waals surface area contributed by atoms with E-state index >= 15 is 0 Å². The molecular formula is C12H20N2OS. The molecule has 0 aliphatic carbocycles. The van der Waals surface area contributed by atoms with Crippen molar-refractivity contribution in [3.05, 3.63) is 22.4 Å².